The van der Waals surface area contributed by atoms with E-state index in [9.17, 15) is 13.2 Å². The molecular formula is C9H12F3NO. The van der Waals surface area contributed by atoms with E-state index in [1.807, 2.05) is 14.1 Å². The molecule has 14 heavy (non-hydrogen) atoms. The lowest BCUT2D eigenvalue weighted by molar-refractivity contribution is -0.274. The first-order chi connectivity index (χ1) is 6.49. The molecule has 1 rings (SSSR count). The Morgan fingerprint density at radius 2 is 1.50 bits per heavy atom. The van der Waals surface area contributed by atoms with Gasteiger partial charge in [0.2, 0.25) is 0 Å². The Hall–Kier alpha value is -1.23. The Morgan fingerprint density at radius 1 is 1.07 bits per heavy atom. The van der Waals surface area contributed by atoms with Gasteiger partial charge in [0.25, 0.3) is 0 Å². The van der Waals surface area contributed by atoms with E-state index in [2.05, 4.69) is 10.1 Å². The van der Waals surface area contributed by atoms with E-state index in [-0.39, 0.29) is 5.75 Å². The molecule has 0 aliphatic heterocycles. The Balaban J connectivity index is 0.000000500. The Bertz CT molecular complexity index is 236. The van der Waals surface area contributed by atoms with E-state index in [0.717, 1.165) is 0 Å². The maximum absolute atomic E-state index is 11.5. The number of nitrogens with one attached hydrogen (secondary N) is 1. The number of rotatable bonds is 1. The van der Waals surface area contributed by atoms with Crippen LogP contribution >= 0.6 is 0 Å². The van der Waals surface area contributed by atoms with Gasteiger partial charge in [-0.3, -0.25) is 0 Å². The van der Waals surface area contributed by atoms with Gasteiger partial charge in [0, 0.05) is 0 Å². The molecule has 0 spiro atoms. The number of benzene rings is 1. The van der Waals surface area contributed by atoms with Crippen LogP contribution in [0, 0.1) is 0 Å². The summed E-state index contributed by atoms with van der Waals surface area (Å²) in [7, 11) is 3.75. The van der Waals surface area contributed by atoms with Crippen LogP contribution in [0.15, 0.2) is 30.3 Å². The smallest absolute Gasteiger partial charge is 0.406 e. The predicted molar refractivity (Wildman–Crippen MR) is 48.1 cm³/mol. The largest absolute Gasteiger partial charge is 0.573 e. The van der Waals surface area contributed by atoms with Crippen LogP contribution in [0.5, 0.6) is 5.75 Å². The number of halogens is 3. The molecule has 0 aromatic heterocycles. The van der Waals surface area contributed by atoms with Crippen molar-refractivity contribution in [3.63, 3.8) is 0 Å². The van der Waals surface area contributed by atoms with Crippen molar-refractivity contribution in [3.8, 4) is 5.75 Å². The number of hydrogen-bond acceptors (Lipinski definition) is 2. The molecule has 0 saturated heterocycles. The quantitative estimate of drug-likeness (QED) is 0.763. The molecule has 0 fully saturated rings. The minimum absolute atomic E-state index is 0.194. The van der Waals surface area contributed by atoms with Gasteiger partial charge in [-0.15, -0.1) is 13.2 Å². The second-order valence-corrected chi connectivity index (χ2v) is 2.36. The fourth-order valence-electron chi connectivity index (χ4n) is 0.622. The monoisotopic (exact) mass is 207 g/mol. The van der Waals surface area contributed by atoms with Gasteiger partial charge in [-0.2, -0.15) is 0 Å². The van der Waals surface area contributed by atoms with Crippen molar-refractivity contribution in [2.45, 2.75) is 6.36 Å². The lowest BCUT2D eigenvalue weighted by atomic mass is 10.3. The second-order valence-electron chi connectivity index (χ2n) is 2.36. The first-order valence-electron chi connectivity index (χ1n) is 3.89. The summed E-state index contributed by atoms with van der Waals surface area (Å²) in [6, 6.07) is 7.05. The molecule has 0 atom stereocenters. The van der Waals surface area contributed by atoms with Crippen LogP contribution in [0.1, 0.15) is 0 Å². The molecule has 0 aliphatic rings. The van der Waals surface area contributed by atoms with E-state index in [1.54, 1.807) is 6.07 Å². The summed E-state index contributed by atoms with van der Waals surface area (Å²) in [6.45, 7) is 0. The molecule has 0 amide bonds. The van der Waals surface area contributed by atoms with E-state index in [4.69, 9.17) is 0 Å². The third-order valence-electron chi connectivity index (χ3n) is 0.977. The van der Waals surface area contributed by atoms with Crippen molar-refractivity contribution in [1.82, 2.24) is 5.32 Å². The molecule has 0 radical (unpaired) electrons. The van der Waals surface area contributed by atoms with Crippen LogP contribution in [0.3, 0.4) is 0 Å². The first kappa shape index (κ1) is 12.8. The normalized spacial score (nSPS) is 10.1. The molecule has 1 aromatic carbocycles. The van der Waals surface area contributed by atoms with Crippen LogP contribution in [0.4, 0.5) is 13.2 Å². The molecule has 0 bridgehead atoms. The maximum Gasteiger partial charge on any atom is 0.573 e. The van der Waals surface area contributed by atoms with Crippen molar-refractivity contribution in [1.29, 1.82) is 0 Å². The van der Waals surface area contributed by atoms with Gasteiger partial charge < -0.3 is 10.1 Å². The third kappa shape index (κ3) is 7.42. The SMILES string of the molecule is CNC.FC(F)(F)Oc1ccccc1. The van der Waals surface area contributed by atoms with Crippen LogP contribution < -0.4 is 10.1 Å². The maximum atomic E-state index is 11.5. The van der Waals surface area contributed by atoms with Crippen molar-refractivity contribution in [3.05, 3.63) is 30.3 Å². The fourth-order valence-corrected chi connectivity index (χ4v) is 0.622. The van der Waals surface area contributed by atoms with Gasteiger partial charge in [0.05, 0.1) is 0 Å². The highest BCUT2D eigenvalue weighted by Gasteiger charge is 2.30. The number of alkyl halides is 3. The highest BCUT2D eigenvalue weighted by Crippen LogP contribution is 2.21. The van der Waals surface area contributed by atoms with Gasteiger partial charge in [-0.25, -0.2) is 0 Å². The van der Waals surface area contributed by atoms with Gasteiger partial charge in [-0.05, 0) is 26.2 Å². The van der Waals surface area contributed by atoms with Gasteiger partial charge in [0.15, 0.2) is 0 Å². The Kier molecular flexibility index (Phi) is 5.71. The Morgan fingerprint density at radius 3 is 1.86 bits per heavy atom. The zero-order valence-corrected chi connectivity index (χ0v) is 7.93. The molecule has 0 unspecified atom stereocenters. The molecule has 0 aliphatic carbocycles. The van der Waals surface area contributed by atoms with E-state index >= 15 is 0 Å². The van der Waals surface area contributed by atoms with Crippen molar-refractivity contribution >= 4 is 0 Å². The minimum atomic E-state index is -4.60. The average Bonchev–Trinajstić information content (AvgIpc) is 2.04. The number of para-hydroxylation sites is 1. The summed E-state index contributed by atoms with van der Waals surface area (Å²) in [5.74, 6) is -0.194. The van der Waals surface area contributed by atoms with Crippen LogP contribution in [0.25, 0.3) is 0 Å². The molecule has 1 aromatic rings. The lowest BCUT2D eigenvalue weighted by Gasteiger charge is -2.07. The zero-order valence-electron chi connectivity index (χ0n) is 7.93. The molecule has 0 saturated carbocycles. The second kappa shape index (κ2) is 6.26. The summed E-state index contributed by atoms with van der Waals surface area (Å²) in [6.07, 6.45) is -4.60. The average molecular weight is 207 g/mol. The van der Waals surface area contributed by atoms with Crippen LogP contribution in [-0.4, -0.2) is 20.5 Å². The third-order valence-corrected chi connectivity index (χ3v) is 0.977. The summed E-state index contributed by atoms with van der Waals surface area (Å²) in [5.41, 5.74) is 0. The van der Waals surface area contributed by atoms with Gasteiger partial charge >= 0.3 is 6.36 Å². The molecule has 5 heteroatoms. The van der Waals surface area contributed by atoms with Gasteiger partial charge in [0.1, 0.15) is 5.75 Å². The van der Waals surface area contributed by atoms with Crippen molar-refractivity contribution < 1.29 is 17.9 Å². The van der Waals surface area contributed by atoms with Crippen LogP contribution in [-0.2, 0) is 0 Å². The standard InChI is InChI=1S/C7H5F3O.C2H7N/c8-7(9,10)11-6-4-2-1-3-5-6;1-3-2/h1-5H;3H,1-2H3. The predicted octanol–water partition coefficient (Wildman–Crippen LogP) is 2.42. The fraction of sp³-hybridized carbons (Fsp3) is 0.333. The van der Waals surface area contributed by atoms with Gasteiger partial charge in [-0.1, -0.05) is 18.2 Å². The topological polar surface area (TPSA) is 21.3 Å². The minimum Gasteiger partial charge on any atom is -0.406 e. The molecule has 80 valence electrons. The first-order valence-corrected chi connectivity index (χ1v) is 3.89. The highest BCUT2D eigenvalue weighted by molar-refractivity contribution is 5.20. The van der Waals surface area contributed by atoms with Crippen molar-refractivity contribution in [2.75, 3.05) is 14.1 Å². The van der Waals surface area contributed by atoms with Crippen LogP contribution in [0.2, 0.25) is 0 Å². The number of hydrogen-bond donors (Lipinski definition) is 1. The molecule has 0 heterocycles. The summed E-state index contributed by atoms with van der Waals surface area (Å²) < 4.78 is 38.2. The summed E-state index contributed by atoms with van der Waals surface area (Å²) in [4.78, 5) is 0. The van der Waals surface area contributed by atoms with E-state index < -0.39 is 6.36 Å². The molecule has 1 N–H and O–H groups in total. The van der Waals surface area contributed by atoms with E-state index in [0.29, 0.717) is 0 Å². The number of ether oxygens (including phenoxy) is 1. The summed E-state index contributed by atoms with van der Waals surface area (Å²) in [5, 5.41) is 2.75. The molecular weight excluding hydrogens is 195 g/mol. The van der Waals surface area contributed by atoms with E-state index in [1.165, 1.54) is 24.3 Å². The Labute approximate surface area is 80.7 Å². The summed E-state index contributed by atoms with van der Waals surface area (Å²) >= 11 is 0. The lowest BCUT2D eigenvalue weighted by Crippen LogP contribution is -2.16. The van der Waals surface area contributed by atoms with Crippen molar-refractivity contribution in [2.24, 2.45) is 0 Å². The highest BCUT2D eigenvalue weighted by atomic mass is 19.4. The zero-order chi connectivity index (χ0) is 11.0. The molecule has 2 nitrogen and oxygen atoms in total.